The number of ether oxygens (including phenoxy) is 1. The van der Waals surface area contributed by atoms with Crippen LogP contribution in [-0.2, 0) is 18.4 Å². The van der Waals surface area contributed by atoms with Gasteiger partial charge in [0.05, 0.1) is 7.11 Å². The number of rotatable bonds is 8. The first-order valence-corrected chi connectivity index (χ1v) is 22.3. The quantitative estimate of drug-likeness (QED) is 0.225. The van der Waals surface area contributed by atoms with Crippen LogP contribution in [0.3, 0.4) is 0 Å². The summed E-state index contributed by atoms with van der Waals surface area (Å²) in [5, 5.41) is 0. The average molecular weight is 551 g/mol. The second-order valence-corrected chi connectivity index (χ2v) is 24.9. The van der Waals surface area contributed by atoms with Crippen LogP contribution >= 0.6 is 0 Å². The van der Waals surface area contributed by atoms with Crippen LogP contribution in [0.4, 0.5) is 0 Å². The monoisotopic (exact) mass is 550 g/mol. The van der Waals surface area contributed by atoms with Crippen LogP contribution in [0, 0.1) is 46.3 Å². The molecular weight excluding hydrogens is 493 g/mol. The lowest BCUT2D eigenvalue weighted by Crippen LogP contribution is -2.60. The number of esters is 1. The summed E-state index contributed by atoms with van der Waals surface area (Å²) in [5.41, 5.74) is 0.804. The van der Waals surface area contributed by atoms with Gasteiger partial charge in [-0.1, -0.05) is 20.8 Å². The molecule has 10 atom stereocenters. The maximum absolute atomic E-state index is 11.9. The van der Waals surface area contributed by atoms with Gasteiger partial charge in [-0.2, -0.15) is 0 Å². The van der Waals surface area contributed by atoms with Crippen LogP contribution < -0.4 is 0 Å². The predicted octanol–water partition coefficient (Wildman–Crippen LogP) is 8.28. The molecule has 37 heavy (non-hydrogen) atoms. The Bertz CT molecular complexity index is 819. The van der Waals surface area contributed by atoms with Gasteiger partial charge < -0.3 is 13.6 Å². The molecule has 0 N–H and O–H groups in total. The first-order valence-electron chi connectivity index (χ1n) is 15.5. The lowest BCUT2D eigenvalue weighted by Gasteiger charge is -2.64. The fourth-order valence-electron chi connectivity index (χ4n) is 9.97. The van der Waals surface area contributed by atoms with Gasteiger partial charge in [0.15, 0.2) is 16.6 Å². The van der Waals surface area contributed by atoms with Gasteiger partial charge in [0, 0.05) is 18.6 Å². The van der Waals surface area contributed by atoms with Crippen molar-refractivity contribution in [1.29, 1.82) is 0 Å². The third-order valence-electron chi connectivity index (χ3n) is 11.4. The zero-order valence-electron chi connectivity index (χ0n) is 25.8. The van der Waals surface area contributed by atoms with E-state index in [0.29, 0.717) is 47.2 Å². The van der Waals surface area contributed by atoms with E-state index in [1.54, 1.807) is 0 Å². The van der Waals surface area contributed by atoms with Crippen LogP contribution in [0.25, 0.3) is 0 Å². The van der Waals surface area contributed by atoms with E-state index in [0.717, 1.165) is 24.2 Å². The molecule has 214 valence electrons. The molecule has 4 fully saturated rings. The molecule has 6 heteroatoms. The molecule has 0 heterocycles. The van der Waals surface area contributed by atoms with Gasteiger partial charge >= 0.3 is 5.97 Å². The van der Waals surface area contributed by atoms with Gasteiger partial charge in [0.25, 0.3) is 0 Å². The van der Waals surface area contributed by atoms with Gasteiger partial charge in [0.2, 0.25) is 0 Å². The largest absolute Gasteiger partial charge is 0.469 e. The second kappa shape index (κ2) is 10.7. The van der Waals surface area contributed by atoms with Gasteiger partial charge in [-0.3, -0.25) is 4.79 Å². The fraction of sp³-hybridized carbons (Fsp3) is 0.968. The van der Waals surface area contributed by atoms with E-state index in [1.807, 2.05) is 0 Å². The number of hydrogen-bond acceptors (Lipinski definition) is 4. The molecular formula is C31H58O4Si2. The van der Waals surface area contributed by atoms with E-state index < -0.39 is 16.6 Å². The Hall–Kier alpha value is -0.176. The summed E-state index contributed by atoms with van der Waals surface area (Å²) in [6, 6.07) is 0. The van der Waals surface area contributed by atoms with E-state index in [9.17, 15) is 4.79 Å². The third-order valence-corrected chi connectivity index (χ3v) is 13.5. The highest BCUT2D eigenvalue weighted by Gasteiger charge is 2.63. The van der Waals surface area contributed by atoms with E-state index in [2.05, 4.69) is 60.1 Å². The summed E-state index contributed by atoms with van der Waals surface area (Å²) in [4.78, 5) is 11.9. The van der Waals surface area contributed by atoms with Crippen LogP contribution in [0.15, 0.2) is 0 Å². The summed E-state index contributed by atoms with van der Waals surface area (Å²) in [7, 11) is -1.69. The summed E-state index contributed by atoms with van der Waals surface area (Å²) < 4.78 is 18.8. The third kappa shape index (κ3) is 6.12. The lowest BCUT2D eigenvalue weighted by molar-refractivity contribution is -0.168. The van der Waals surface area contributed by atoms with Crippen molar-refractivity contribution in [2.45, 2.75) is 136 Å². The Kier molecular flexibility index (Phi) is 8.59. The Balaban J connectivity index is 1.59. The maximum Gasteiger partial charge on any atom is 0.305 e. The maximum atomic E-state index is 11.9. The molecule has 4 rings (SSSR count). The molecule has 4 aliphatic rings. The average Bonchev–Trinajstić information content (AvgIpc) is 3.13. The number of fused-ring (bicyclic) bond motifs is 5. The molecule has 0 radical (unpaired) electrons. The van der Waals surface area contributed by atoms with Gasteiger partial charge in [0.1, 0.15) is 0 Å². The highest BCUT2D eigenvalue weighted by molar-refractivity contribution is 6.70. The minimum Gasteiger partial charge on any atom is -0.469 e. The first kappa shape index (κ1) is 29.8. The molecule has 4 saturated carbocycles. The zero-order chi connectivity index (χ0) is 27.4. The van der Waals surface area contributed by atoms with Crippen LogP contribution in [0.2, 0.25) is 39.3 Å². The minimum absolute atomic E-state index is 0.0567. The van der Waals surface area contributed by atoms with Crippen molar-refractivity contribution in [3.63, 3.8) is 0 Å². The molecule has 0 aromatic heterocycles. The van der Waals surface area contributed by atoms with Gasteiger partial charge in [-0.25, -0.2) is 0 Å². The lowest BCUT2D eigenvalue weighted by atomic mass is 9.43. The van der Waals surface area contributed by atoms with Crippen LogP contribution in [0.5, 0.6) is 0 Å². The first-order chi connectivity index (χ1) is 17.1. The highest BCUT2D eigenvalue weighted by Crippen LogP contribution is 2.69. The molecule has 0 spiro atoms. The molecule has 0 bridgehead atoms. The predicted molar refractivity (Wildman–Crippen MR) is 157 cm³/mol. The molecule has 0 amide bonds. The molecule has 0 saturated heterocycles. The number of carbonyl (C=O) groups excluding carboxylic acids is 1. The van der Waals surface area contributed by atoms with Crippen LogP contribution in [0.1, 0.15) is 85.0 Å². The molecule has 0 aliphatic heterocycles. The fourth-order valence-corrected chi connectivity index (χ4v) is 12.3. The molecule has 0 aromatic carbocycles. The normalized spacial score (nSPS) is 42.9. The zero-order valence-corrected chi connectivity index (χ0v) is 27.8. The van der Waals surface area contributed by atoms with E-state index in [4.69, 9.17) is 13.6 Å². The number of carbonyl (C=O) groups is 1. The summed E-state index contributed by atoms with van der Waals surface area (Å²) in [6.07, 6.45) is 12.8. The van der Waals surface area contributed by atoms with Crippen LogP contribution in [-0.4, -0.2) is 41.9 Å². The second-order valence-electron chi connectivity index (χ2n) is 15.9. The minimum atomic E-state index is -1.67. The van der Waals surface area contributed by atoms with Gasteiger partial charge in [-0.15, -0.1) is 0 Å². The number of methoxy groups -OCH3 is 1. The Morgan fingerprint density at radius 2 is 1.49 bits per heavy atom. The van der Waals surface area contributed by atoms with Gasteiger partial charge in [-0.05, 0) is 143 Å². The summed E-state index contributed by atoms with van der Waals surface area (Å²) in [5.74, 6) is 4.18. The molecule has 0 unspecified atom stereocenters. The van der Waals surface area contributed by atoms with Crippen molar-refractivity contribution in [2.75, 3.05) is 7.11 Å². The molecule has 4 aliphatic carbocycles. The Morgan fingerprint density at radius 3 is 2.11 bits per heavy atom. The van der Waals surface area contributed by atoms with Crippen molar-refractivity contribution in [3.8, 4) is 0 Å². The molecule has 0 aromatic rings. The van der Waals surface area contributed by atoms with Crippen molar-refractivity contribution in [2.24, 2.45) is 46.3 Å². The Labute approximate surface area is 230 Å². The standard InChI is InChI=1S/C31H58O4Si2/c1-21(11-14-28(32)33-4)24-12-13-25-29-26(16-18-31(24,25)3)30(2)17-15-23(34-36(5,6)7)19-22(30)20-27(29)35-37(8,9)10/h21-27,29H,11-20H2,1-10H3/t21-,22+,23+,24-,25+,26+,27+,29+,30+,31-/m1/s1. The highest BCUT2D eigenvalue weighted by atomic mass is 28.4. The van der Waals surface area contributed by atoms with E-state index in [-0.39, 0.29) is 5.97 Å². The Morgan fingerprint density at radius 1 is 0.865 bits per heavy atom. The van der Waals surface area contributed by atoms with Crippen molar-refractivity contribution >= 4 is 22.6 Å². The van der Waals surface area contributed by atoms with E-state index in [1.165, 1.54) is 58.5 Å². The van der Waals surface area contributed by atoms with Crippen molar-refractivity contribution in [1.82, 2.24) is 0 Å². The topological polar surface area (TPSA) is 44.8 Å². The van der Waals surface area contributed by atoms with Crippen molar-refractivity contribution < 1.29 is 18.4 Å². The smallest absolute Gasteiger partial charge is 0.305 e. The molecule has 4 nitrogen and oxygen atoms in total. The van der Waals surface area contributed by atoms with E-state index >= 15 is 0 Å². The SMILES string of the molecule is COC(=O)CC[C@@H](C)[C@H]1CC[C@H]2[C@@H]3[C@@H](O[Si](C)(C)C)C[C@@H]4C[C@@H](O[Si](C)(C)C)CC[C@]4(C)[C@H]3CC[C@]12C. The summed E-state index contributed by atoms with van der Waals surface area (Å²) >= 11 is 0. The summed E-state index contributed by atoms with van der Waals surface area (Å²) in [6.45, 7) is 21.9. The van der Waals surface area contributed by atoms with Crippen molar-refractivity contribution in [3.05, 3.63) is 0 Å². The number of hydrogen-bond donors (Lipinski definition) is 0.